The number of rotatable bonds is 8. The van der Waals surface area contributed by atoms with Gasteiger partial charge in [0.05, 0.1) is 11.9 Å². The molecule has 2 N–H and O–H groups in total. The number of benzene rings is 1. The van der Waals surface area contributed by atoms with Gasteiger partial charge in [-0.1, -0.05) is 29.8 Å². The quantitative estimate of drug-likeness (QED) is 0.729. The van der Waals surface area contributed by atoms with E-state index >= 15 is 0 Å². The molecule has 1 aromatic heterocycles. The van der Waals surface area contributed by atoms with Gasteiger partial charge in [0.1, 0.15) is 5.69 Å². The third-order valence-electron chi connectivity index (χ3n) is 3.25. The molecule has 0 aliphatic rings. The predicted octanol–water partition coefficient (Wildman–Crippen LogP) is 3.11. The lowest BCUT2D eigenvalue weighted by Gasteiger charge is -2.08. The van der Waals surface area contributed by atoms with E-state index in [1.807, 2.05) is 24.3 Å². The summed E-state index contributed by atoms with van der Waals surface area (Å²) in [5.41, 5.74) is 2.13. The Morgan fingerprint density at radius 3 is 2.78 bits per heavy atom. The summed E-state index contributed by atoms with van der Waals surface area (Å²) in [6, 6.07) is 10.9. The monoisotopic (exact) mass is 333 g/mol. The second-order valence-electron chi connectivity index (χ2n) is 4.98. The SMILES string of the molecule is COCCCNc1ccc(C(=O)NCc2ccccc2Cl)nc1. The highest BCUT2D eigenvalue weighted by Crippen LogP contribution is 2.14. The van der Waals surface area contributed by atoms with Crippen molar-refractivity contribution in [1.82, 2.24) is 10.3 Å². The number of hydrogen-bond acceptors (Lipinski definition) is 4. The summed E-state index contributed by atoms with van der Waals surface area (Å²) in [5, 5.41) is 6.67. The van der Waals surface area contributed by atoms with E-state index in [0.29, 0.717) is 23.9 Å². The number of hydrogen-bond donors (Lipinski definition) is 2. The zero-order valence-electron chi connectivity index (χ0n) is 13.0. The fraction of sp³-hybridized carbons (Fsp3) is 0.294. The van der Waals surface area contributed by atoms with Crippen molar-refractivity contribution in [2.45, 2.75) is 13.0 Å². The van der Waals surface area contributed by atoms with Gasteiger partial charge in [-0.05, 0) is 30.2 Å². The molecule has 6 heteroatoms. The van der Waals surface area contributed by atoms with Gasteiger partial charge >= 0.3 is 0 Å². The van der Waals surface area contributed by atoms with E-state index in [1.54, 1.807) is 25.4 Å². The second-order valence-corrected chi connectivity index (χ2v) is 5.39. The first-order valence-corrected chi connectivity index (χ1v) is 7.79. The van der Waals surface area contributed by atoms with Gasteiger partial charge in [0.25, 0.3) is 5.91 Å². The van der Waals surface area contributed by atoms with Crippen molar-refractivity contribution in [3.63, 3.8) is 0 Å². The van der Waals surface area contributed by atoms with Gasteiger partial charge in [-0.2, -0.15) is 0 Å². The molecule has 5 nitrogen and oxygen atoms in total. The minimum absolute atomic E-state index is 0.226. The van der Waals surface area contributed by atoms with Crippen molar-refractivity contribution >= 4 is 23.2 Å². The van der Waals surface area contributed by atoms with Crippen LogP contribution in [0.1, 0.15) is 22.5 Å². The van der Waals surface area contributed by atoms with Crippen LogP contribution in [0.2, 0.25) is 5.02 Å². The van der Waals surface area contributed by atoms with Crippen molar-refractivity contribution in [1.29, 1.82) is 0 Å². The van der Waals surface area contributed by atoms with E-state index < -0.39 is 0 Å². The van der Waals surface area contributed by atoms with E-state index in [-0.39, 0.29) is 5.91 Å². The first-order valence-electron chi connectivity index (χ1n) is 7.41. The summed E-state index contributed by atoms with van der Waals surface area (Å²) < 4.78 is 4.98. The maximum atomic E-state index is 12.1. The number of pyridine rings is 1. The smallest absolute Gasteiger partial charge is 0.270 e. The summed E-state index contributed by atoms with van der Waals surface area (Å²) in [5.74, 6) is -0.226. The summed E-state index contributed by atoms with van der Waals surface area (Å²) >= 11 is 6.06. The zero-order valence-corrected chi connectivity index (χ0v) is 13.8. The molecule has 2 aromatic rings. The highest BCUT2D eigenvalue weighted by atomic mass is 35.5. The number of nitrogens with zero attached hydrogens (tertiary/aromatic N) is 1. The Bertz CT molecular complexity index is 632. The van der Waals surface area contributed by atoms with Crippen molar-refractivity contribution in [3.8, 4) is 0 Å². The number of carbonyl (C=O) groups is 1. The number of anilines is 1. The third-order valence-corrected chi connectivity index (χ3v) is 3.62. The molecule has 23 heavy (non-hydrogen) atoms. The summed E-state index contributed by atoms with van der Waals surface area (Å²) in [4.78, 5) is 16.3. The van der Waals surface area contributed by atoms with Crippen LogP contribution >= 0.6 is 11.6 Å². The molecule has 0 radical (unpaired) electrons. The van der Waals surface area contributed by atoms with Crippen LogP contribution in [0, 0.1) is 0 Å². The Morgan fingerprint density at radius 2 is 2.09 bits per heavy atom. The normalized spacial score (nSPS) is 10.3. The van der Waals surface area contributed by atoms with Crippen molar-refractivity contribution in [2.24, 2.45) is 0 Å². The Labute approximate surface area is 141 Å². The van der Waals surface area contributed by atoms with Crippen LogP contribution in [0.4, 0.5) is 5.69 Å². The van der Waals surface area contributed by atoms with Crippen molar-refractivity contribution < 1.29 is 9.53 Å². The standard InChI is InChI=1S/C17H20ClN3O2/c1-23-10-4-9-19-14-7-8-16(20-12-14)17(22)21-11-13-5-2-3-6-15(13)18/h2-3,5-8,12,19H,4,9-11H2,1H3,(H,21,22). The Hall–Kier alpha value is -2.11. The summed E-state index contributed by atoms with van der Waals surface area (Å²) in [6.45, 7) is 1.88. The lowest BCUT2D eigenvalue weighted by Crippen LogP contribution is -2.23. The first kappa shape index (κ1) is 17.2. The van der Waals surface area contributed by atoms with Crippen LogP contribution in [0.3, 0.4) is 0 Å². The lowest BCUT2D eigenvalue weighted by atomic mass is 10.2. The maximum absolute atomic E-state index is 12.1. The molecule has 0 atom stereocenters. The Morgan fingerprint density at radius 1 is 1.26 bits per heavy atom. The first-order chi connectivity index (χ1) is 11.2. The lowest BCUT2D eigenvalue weighted by molar-refractivity contribution is 0.0946. The topological polar surface area (TPSA) is 63.2 Å². The molecule has 0 saturated heterocycles. The number of aromatic nitrogens is 1. The number of carbonyl (C=O) groups excluding carboxylic acids is 1. The molecule has 0 bridgehead atoms. The molecular weight excluding hydrogens is 314 g/mol. The molecule has 1 aromatic carbocycles. The van der Waals surface area contributed by atoms with E-state index in [1.165, 1.54) is 0 Å². The van der Waals surface area contributed by atoms with Gasteiger partial charge in [0.2, 0.25) is 0 Å². The molecule has 0 spiro atoms. The molecule has 0 aliphatic carbocycles. The van der Waals surface area contributed by atoms with Gasteiger partial charge in [-0.25, -0.2) is 4.98 Å². The number of methoxy groups -OCH3 is 1. The average Bonchev–Trinajstić information content (AvgIpc) is 2.58. The van der Waals surface area contributed by atoms with Crippen LogP contribution in [0.5, 0.6) is 0 Å². The minimum atomic E-state index is -0.226. The van der Waals surface area contributed by atoms with E-state index in [4.69, 9.17) is 16.3 Å². The number of amides is 1. The largest absolute Gasteiger partial charge is 0.385 e. The molecular formula is C17H20ClN3O2. The average molecular weight is 334 g/mol. The van der Waals surface area contributed by atoms with E-state index in [0.717, 1.165) is 24.2 Å². The van der Waals surface area contributed by atoms with Crippen molar-refractivity contribution in [3.05, 3.63) is 58.9 Å². The van der Waals surface area contributed by atoms with Crippen molar-refractivity contribution in [2.75, 3.05) is 25.6 Å². The van der Waals surface area contributed by atoms with Crippen LogP contribution in [-0.4, -0.2) is 31.2 Å². The summed E-state index contributed by atoms with van der Waals surface area (Å²) in [7, 11) is 1.68. The Balaban J connectivity index is 1.84. The molecule has 0 aliphatic heterocycles. The van der Waals surface area contributed by atoms with E-state index in [9.17, 15) is 4.79 Å². The highest BCUT2D eigenvalue weighted by Gasteiger charge is 2.08. The van der Waals surface area contributed by atoms with Gasteiger partial charge in [-0.15, -0.1) is 0 Å². The molecule has 0 fully saturated rings. The summed E-state index contributed by atoms with van der Waals surface area (Å²) in [6.07, 6.45) is 2.56. The minimum Gasteiger partial charge on any atom is -0.385 e. The maximum Gasteiger partial charge on any atom is 0.270 e. The van der Waals surface area contributed by atoms with Crippen LogP contribution in [-0.2, 0) is 11.3 Å². The van der Waals surface area contributed by atoms with E-state index in [2.05, 4.69) is 15.6 Å². The van der Waals surface area contributed by atoms with Crippen LogP contribution in [0.15, 0.2) is 42.6 Å². The number of nitrogens with one attached hydrogen (secondary N) is 2. The predicted molar refractivity (Wildman–Crippen MR) is 91.8 cm³/mol. The highest BCUT2D eigenvalue weighted by molar-refractivity contribution is 6.31. The number of ether oxygens (including phenoxy) is 1. The Kier molecular flexibility index (Phi) is 6.84. The van der Waals surface area contributed by atoms with Crippen LogP contribution < -0.4 is 10.6 Å². The second kappa shape index (κ2) is 9.12. The molecule has 1 amide bonds. The van der Waals surface area contributed by atoms with Gasteiger partial charge in [-0.3, -0.25) is 4.79 Å². The third kappa shape index (κ3) is 5.54. The fourth-order valence-corrected chi connectivity index (χ4v) is 2.19. The molecule has 2 rings (SSSR count). The van der Waals surface area contributed by atoms with Crippen LogP contribution in [0.25, 0.3) is 0 Å². The molecule has 0 unspecified atom stereocenters. The fourth-order valence-electron chi connectivity index (χ4n) is 1.99. The molecule has 0 saturated carbocycles. The number of halogens is 1. The van der Waals surface area contributed by atoms with Gasteiger partial charge < -0.3 is 15.4 Å². The van der Waals surface area contributed by atoms with Gasteiger partial charge in [0, 0.05) is 31.8 Å². The van der Waals surface area contributed by atoms with Gasteiger partial charge in [0.15, 0.2) is 0 Å². The zero-order chi connectivity index (χ0) is 16.5. The molecule has 122 valence electrons. The molecule has 1 heterocycles.